The first-order valence-corrected chi connectivity index (χ1v) is 10.8. The molecule has 0 spiro atoms. The maximum absolute atomic E-state index is 13.5. The number of aromatic amines is 1. The maximum atomic E-state index is 13.5. The van der Waals surface area contributed by atoms with Crippen LogP contribution in [0.2, 0.25) is 0 Å². The highest BCUT2D eigenvalue weighted by Gasteiger charge is 2.45. The van der Waals surface area contributed by atoms with Gasteiger partial charge in [-0.25, -0.2) is 0 Å². The molecule has 5 rings (SSSR count). The van der Waals surface area contributed by atoms with Gasteiger partial charge in [0.05, 0.1) is 18.8 Å². The molecule has 1 aromatic heterocycles. The zero-order valence-corrected chi connectivity index (χ0v) is 17.5. The quantitative estimate of drug-likeness (QED) is 0.648. The van der Waals surface area contributed by atoms with Crippen molar-refractivity contribution in [2.75, 3.05) is 7.11 Å². The van der Waals surface area contributed by atoms with Crippen LogP contribution >= 0.6 is 0 Å². The zero-order chi connectivity index (χ0) is 20.7. The molecule has 0 radical (unpaired) electrons. The minimum atomic E-state index is -0.105. The van der Waals surface area contributed by atoms with Gasteiger partial charge in [-0.15, -0.1) is 0 Å². The Bertz CT molecular complexity index is 1050. The summed E-state index contributed by atoms with van der Waals surface area (Å²) in [4.78, 5) is 15.7. The molecule has 1 atom stereocenters. The van der Waals surface area contributed by atoms with E-state index in [1.54, 1.807) is 7.11 Å². The lowest BCUT2D eigenvalue weighted by molar-refractivity contribution is 0.0606. The van der Waals surface area contributed by atoms with E-state index >= 15 is 0 Å². The number of nitrogens with one attached hydrogen (secondary N) is 1. The Balaban J connectivity index is 1.63. The predicted octanol–water partition coefficient (Wildman–Crippen LogP) is 5.27. The van der Waals surface area contributed by atoms with Gasteiger partial charge in [-0.3, -0.25) is 9.89 Å². The second-order valence-corrected chi connectivity index (χ2v) is 8.41. The number of aromatic nitrogens is 2. The molecule has 1 aliphatic heterocycles. The minimum Gasteiger partial charge on any atom is -0.497 e. The van der Waals surface area contributed by atoms with Gasteiger partial charge in [0.1, 0.15) is 11.4 Å². The Labute approximate surface area is 177 Å². The zero-order valence-electron chi connectivity index (χ0n) is 17.5. The molecule has 1 unspecified atom stereocenters. The molecule has 0 saturated heterocycles. The summed E-state index contributed by atoms with van der Waals surface area (Å²) in [6.07, 6.45) is 5.78. The molecule has 1 aliphatic carbocycles. The first-order valence-electron chi connectivity index (χ1n) is 10.8. The second-order valence-electron chi connectivity index (χ2n) is 8.41. The topological polar surface area (TPSA) is 58.2 Å². The van der Waals surface area contributed by atoms with Crippen LogP contribution < -0.4 is 4.74 Å². The molecule has 5 heteroatoms. The molecular formula is C25H27N3O2. The van der Waals surface area contributed by atoms with Gasteiger partial charge in [-0.2, -0.15) is 5.10 Å². The lowest BCUT2D eigenvalue weighted by atomic mass is 9.90. The van der Waals surface area contributed by atoms with Gasteiger partial charge in [-0.05, 0) is 49.6 Å². The molecule has 0 bridgehead atoms. The van der Waals surface area contributed by atoms with Gasteiger partial charge < -0.3 is 9.64 Å². The van der Waals surface area contributed by atoms with Crippen LogP contribution in [0.4, 0.5) is 0 Å². The van der Waals surface area contributed by atoms with E-state index in [0.717, 1.165) is 41.0 Å². The van der Waals surface area contributed by atoms with E-state index in [4.69, 9.17) is 4.74 Å². The van der Waals surface area contributed by atoms with E-state index in [1.165, 1.54) is 24.8 Å². The highest BCUT2D eigenvalue weighted by Crippen LogP contribution is 2.45. The number of amides is 1. The minimum absolute atomic E-state index is 0.0785. The van der Waals surface area contributed by atoms with Crippen molar-refractivity contribution in [1.82, 2.24) is 15.1 Å². The van der Waals surface area contributed by atoms with E-state index in [9.17, 15) is 4.79 Å². The predicted molar refractivity (Wildman–Crippen MR) is 117 cm³/mol. The summed E-state index contributed by atoms with van der Waals surface area (Å²) in [5, 5.41) is 7.64. The van der Waals surface area contributed by atoms with E-state index < -0.39 is 0 Å². The molecule has 1 N–H and O–H groups in total. The number of aryl methyl sites for hydroxylation is 1. The Morgan fingerprint density at radius 3 is 2.37 bits per heavy atom. The fourth-order valence-corrected chi connectivity index (χ4v) is 4.95. The summed E-state index contributed by atoms with van der Waals surface area (Å²) < 4.78 is 5.30. The molecule has 30 heavy (non-hydrogen) atoms. The van der Waals surface area contributed by atoms with Crippen molar-refractivity contribution in [3.05, 3.63) is 70.9 Å². The van der Waals surface area contributed by atoms with Crippen LogP contribution in [0.3, 0.4) is 0 Å². The van der Waals surface area contributed by atoms with Gasteiger partial charge in [0.2, 0.25) is 0 Å². The Morgan fingerprint density at radius 1 is 1.00 bits per heavy atom. The smallest absolute Gasteiger partial charge is 0.273 e. The molecule has 3 aromatic rings. The fraction of sp³-hybridized carbons (Fsp3) is 0.360. The fourth-order valence-electron chi connectivity index (χ4n) is 4.95. The van der Waals surface area contributed by atoms with Crippen molar-refractivity contribution in [3.8, 4) is 17.0 Å². The third kappa shape index (κ3) is 3.09. The first-order chi connectivity index (χ1) is 14.7. The van der Waals surface area contributed by atoms with Crippen molar-refractivity contribution >= 4 is 5.91 Å². The normalized spacial score (nSPS) is 19.2. The van der Waals surface area contributed by atoms with Crippen LogP contribution in [0.25, 0.3) is 11.3 Å². The monoisotopic (exact) mass is 401 g/mol. The molecule has 2 aromatic carbocycles. The molecule has 1 fully saturated rings. The van der Waals surface area contributed by atoms with Crippen LogP contribution in [0.5, 0.6) is 5.75 Å². The molecular weight excluding hydrogens is 374 g/mol. The summed E-state index contributed by atoms with van der Waals surface area (Å²) in [6, 6.07) is 16.6. The number of methoxy groups -OCH3 is 1. The van der Waals surface area contributed by atoms with Crippen molar-refractivity contribution < 1.29 is 9.53 Å². The molecule has 5 nitrogen and oxygen atoms in total. The summed E-state index contributed by atoms with van der Waals surface area (Å²) >= 11 is 0. The summed E-state index contributed by atoms with van der Waals surface area (Å²) in [7, 11) is 1.66. The molecule has 154 valence electrons. The van der Waals surface area contributed by atoms with Gasteiger partial charge in [0.15, 0.2) is 0 Å². The van der Waals surface area contributed by atoms with Crippen molar-refractivity contribution in [2.45, 2.75) is 51.1 Å². The van der Waals surface area contributed by atoms with E-state index in [-0.39, 0.29) is 18.0 Å². The molecule has 1 amide bonds. The van der Waals surface area contributed by atoms with Gasteiger partial charge in [-0.1, -0.05) is 49.1 Å². The van der Waals surface area contributed by atoms with E-state index in [1.807, 2.05) is 24.3 Å². The van der Waals surface area contributed by atoms with Crippen LogP contribution in [0, 0.1) is 6.92 Å². The number of H-pyrrole nitrogens is 1. The standard InChI is InChI=1S/C25H27N3O2/c1-16-8-10-18(11-9-16)24-21-22(17-12-14-20(30-2)15-13-17)26-27-23(21)25(29)28(24)19-6-4-3-5-7-19/h8-15,19,24H,3-7H2,1-2H3,(H,26,27). The highest BCUT2D eigenvalue weighted by molar-refractivity contribution is 6.00. The number of ether oxygens (including phenoxy) is 1. The summed E-state index contributed by atoms with van der Waals surface area (Å²) in [5.74, 6) is 0.885. The van der Waals surface area contributed by atoms with Crippen LogP contribution in [-0.2, 0) is 0 Å². The van der Waals surface area contributed by atoms with Crippen molar-refractivity contribution in [1.29, 1.82) is 0 Å². The number of carbonyl (C=O) groups is 1. The number of nitrogens with zero attached hydrogens (tertiary/aromatic N) is 2. The third-order valence-electron chi connectivity index (χ3n) is 6.53. The van der Waals surface area contributed by atoms with Gasteiger partial charge >= 0.3 is 0 Å². The number of benzene rings is 2. The maximum Gasteiger partial charge on any atom is 0.273 e. The van der Waals surface area contributed by atoms with E-state index in [0.29, 0.717) is 5.69 Å². The molecule has 1 saturated carbocycles. The lowest BCUT2D eigenvalue weighted by Gasteiger charge is -2.36. The Kier molecular flexibility index (Phi) is 4.81. The average Bonchev–Trinajstić information content (AvgIpc) is 3.34. The van der Waals surface area contributed by atoms with Crippen LogP contribution in [-0.4, -0.2) is 34.2 Å². The number of rotatable bonds is 4. The number of fused-ring (bicyclic) bond motifs is 1. The van der Waals surface area contributed by atoms with Crippen molar-refractivity contribution in [3.63, 3.8) is 0 Å². The average molecular weight is 402 g/mol. The van der Waals surface area contributed by atoms with Crippen LogP contribution in [0.15, 0.2) is 48.5 Å². The first kappa shape index (κ1) is 18.9. The summed E-state index contributed by atoms with van der Waals surface area (Å²) in [5.41, 5.74) is 5.84. The molecule has 2 heterocycles. The van der Waals surface area contributed by atoms with Gasteiger partial charge in [0, 0.05) is 17.2 Å². The largest absolute Gasteiger partial charge is 0.497 e. The number of carbonyl (C=O) groups excluding carboxylic acids is 1. The third-order valence-corrected chi connectivity index (χ3v) is 6.53. The SMILES string of the molecule is COc1ccc(-c2n[nH]c3c2C(c2ccc(C)cc2)N(C2CCCCC2)C3=O)cc1. The van der Waals surface area contributed by atoms with E-state index in [2.05, 4.69) is 46.3 Å². The highest BCUT2D eigenvalue weighted by atomic mass is 16.5. The van der Waals surface area contributed by atoms with Crippen molar-refractivity contribution in [2.24, 2.45) is 0 Å². The lowest BCUT2D eigenvalue weighted by Crippen LogP contribution is -2.40. The number of hydrogen-bond acceptors (Lipinski definition) is 3. The Hall–Kier alpha value is -3.08. The Morgan fingerprint density at radius 2 is 1.70 bits per heavy atom. The second kappa shape index (κ2) is 7.63. The summed E-state index contributed by atoms with van der Waals surface area (Å²) in [6.45, 7) is 2.09. The van der Waals surface area contributed by atoms with Crippen LogP contribution in [0.1, 0.15) is 65.3 Å². The number of hydrogen-bond donors (Lipinski definition) is 1. The molecule has 2 aliphatic rings. The van der Waals surface area contributed by atoms with Gasteiger partial charge in [0.25, 0.3) is 5.91 Å².